The van der Waals surface area contributed by atoms with Crippen LogP contribution in [0.3, 0.4) is 0 Å². The number of hydrogen-bond donors (Lipinski definition) is 0. The lowest BCUT2D eigenvalue weighted by molar-refractivity contribution is 0.423. The molecule has 2 heteroatoms. The minimum atomic E-state index is 0.634. The Morgan fingerprint density at radius 2 is 2.60 bits per heavy atom. The Kier molecular flexibility index (Phi) is 0.654. The van der Waals surface area contributed by atoms with Crippen LogP contribution in [0.25, 0.3) is 0 Å². The zero-order chi connectivity index (χ0) is 3.70. The second-order valence-electron chi connectivity index (χ2n) is 1.36. The Morgan fingerprint density at radius 3 is 2.60 bits per heavy atom. The van der Waals surface area contributed by atoms with Crippen LogP contribution in [0.1, 0.15) is 0 Å². The van der Waals surface area contributed by atoms with Crippen molar-refractivity contribution in [3.05, 3.63) is 0 Å². The summed E-state index contributed by atoms with van der Waals surface area (Å²) in [7, 11) is 2.14. The summed E-state index contributed by atoms with van der Waals surface area (Å²) in [5, 5.41) is 0. The molecule has 1 fully saturated rings. The van der Waals surface area contributed by atoms with Crippen molar-refractivity contribution in [2.24, 2.45) is 0 Å². The molecule has 0 aromatic carbocycles. The zero-order valence-electron chi connectivity index (χ0n) is 3.40. The van der Waals surface area contributed by atoms with Gasteiger partial charge in [-0.2, -0.15) is 0 Å². The Labute approximate surface area is 32.7 Å². The fourth-order valence-corrected chi connectivity index (χ4v) is 0.304. The topological polar surface area (TPSA) is 12.5 Å². The molecule has 1 rings (SSSR count). The summed E-state index contributed by atoms with van der Waals surface area (Å²) in [5.41, 5.74) is 0. The molecule has 1 unspecified atom stereocenters. The van der Waals surface area contributed by atoms with Gasteiger partial charge in [-0.3, -0.25) is 0 Å². The minimum Gasteiger partial charge on any atom is -0.374 e. The second kappa shape index (κ2) is 1.01. The highest BCUT2D eigenvalue weighted by Crippen LogP contribution is 2.10. The van der Waals surface area contributed by atoms with Crippen molar-refractivity contribution in [3.63, 3.8) is 0 Å². The molecule has 0 aromatic rings. The van der Waals surface area contributed by atoms with Gasteiger partial charge >= 0.3 is 0 Å². The van der Waals surface area contributed by atoms with Gasteiger partial charge in [-0.1, -0.05) is 6.32 Å². The molecule has 0 saturated carbocycles. The lowest BCUT2D eigenvalue weighted by Gasteiger charge is -1.68. The Bertz CT molecular complexity index is 33.9. The van der Waals surface area contributed by atoms with Crippen molar-refractivity contribution >= 4 is 7.85 Å². The van der Waals surface area contributed by atoms with Crippen LogP contribution in [0, 0.1) is 0 Å². The average molecular weight is 69.9 g/mol. The van der Waals surface area contributed by atoms with Gasteiger partial charge in [-0.15, -0.1) is 0 Å². The normalized spacial score (nSPS) is 34.0. The van der Waals surface area contributed by atoms with E-state index in [2.05, 4.69) is 7.85 Å². The maximum atomic E-state index is 4.86. The smallest absolute Gasteiger partial charge is 0.104 e. The molecule has 1 aliphatic rings. The maximum absolute atomic E-state index is 4.86. The average Bonchev–Trinajstić information content (AvgIpc) is 2.12. The van der Waals surface area contributed by atoms with Crippen LogP contribution in [-0.2, 0) is 4.74 Å². The predicted octanol–water partition coefficient (Wildman–Crippen LogP) is -0.563. The van der Waals surface area contributed by atoms with Crippen molar-refractivity contribution in [1.82, 2.24) is 0 Å². The quantitative estimate of drug-likeness (QED) is 0.297. The van der Waals surface area contributed by atoms with E-state index in [0.717, 1.165) is 6.61 Å². The number of epoxide rings is 1. The van der Waals surface area contributed by atoms with Gasteiger partial charge in [0.15, 0.2) is 0 Å². The van der Waals surface area contributed by atoms with Crippen LogP contribution in [0.4, 0.5) is 0 Å². The fourth-order valence-electron chi connectivity index (χ4n) is 0.304. The van der Waals surface area contributed by atoms with Crippen LogP contribution in [0.5, 0.6) is 0 Å². The zero-order valence-corrected chi connectivity index (χ0v) is 3.40. The largest absolute Gasteiger partial charge is 0.374 e. The molecule has 1 heterocycles. The highest BCUT2D eigenvalue weighted by Gasteiger charge is 2.18. The summed E-state index contributed by atoms with van der Waals surface area (Å²) in [6, 6.07) is 0. The Morgan fingerprint density at radius 1 is 2.00 bits per heavy atom. The van der Waals surface area contributed by atoms with Gasteiger partial charge in [0.1, 0.15) is 7.85 Å². The van der Waals surface area contributed by atoms with E-state index >= 15 is 0 Å². The van der Waals surface area contributed by atoms with Gasteiger partial charge in [-0.25, -0.2) is 0 Å². The van der Waals surface area contributed by atoms with Crippen LogP contribution in [0.2, 0.25) is 6.32 Å². The van der Waals surface area contributed by atoms with Crippen molar-refractivity contribution in [1.29, 1.82) is 0 Å². The molecule has 5 heavy (non-hydrogen) atoms. The molecular weight excluding hydrogens is 62.8 g/mol. The third kappa shape index (κ3) is 0.654. The summed E-state index contributed by atoms with van der Waals surface area (Å²) >= 11 is 0. The summed E-state index contributed by atoms with van der Waals surface area (Å²) < 4.78 is 4.86. The summed E-state index contributed by atoms with van der Waals surface area (Å²) in [4.78, 5) is 0. The molecule has 0 aromatic heterocycles. The van der Waals surface area contributed by atoms with Gasteiger partial charge in [0.2, 0.25) is 0 Å². The number of hydrogen-bond acceptors (Lipinski definition) is 1. The highest BCUT2D eigenvalue weighted by molar-refractivity contribution is 6.09. The van der Waals surface area contributed by atoms with E-state index in [9.17, 15) is 0 Å². The van der Waals surface area contributed by atoms with E-state index in [1.807, 2.05) is 0 Å². The van der Waals surface area contributed by atoms with Gasteiger partial charge in [0.25, 0.3) is 0 Å². The molecule has 1 nitrogen and oxygen atoms in total. The maximum Gasteiger partial charge on any atom is 0.104 e. The minimum absolute atomic E-state index is 0.634. The SMILES string of the molecule is BCC1CO1. The highest BCUT2D eigenvalue weighted by atomic mass is 16.6. The molecule has 0 bridgehead atoms. The first-order valence-electron chi connectivity index (χ1n) is 2.05. The molecule has 0 spiro atoms. The Hall–Kier alpha value is 0.0249. The molecule has 1 atom stereocenters. The third-order valence-corrected chi connectivity index (χ3v) is 0.858. The first kappa shape index (κ1) is 3.22. The standard InChI is InChI=1S/C3H7BO/c4-1-3-2-5-3/h3H,1-2,4H2. The fraction of sp³-hybridized carbons (Fsp3) is 1.00. The molecule has 0 amide bonds. The number of rotatable bonds is 1. The first-order chi connectivity index (χ1) is 2.43. The van der Waals surface area contributed by atoms with Crippen molar-refractivity contribution in [3.8, 4) is 0 Å². The molecule has 0 radical (unpaired) electrons. The van der Waals surface area contributed by atoms with E-state index in [-0.39, 0.29) is 0 Å². The van der Waals surface area contributed by atoms with Crippen LogP contribution in [-0.4, -0.2) is 20.6 Å². The van der Waals surface area contributed by atoms with E-state index in [1.165, 1.54) is 6.32 Å². The molecular formula is C3H7BO. The van der Waals surface area contributed by atoms with E-state index in [4.69, 9.17) is 4.74 Å². The number of ether oxygens (including phenoxy) is 1. The van der Waals surface area contributed by atoms with Crippen molar-refractivity contribution in [2.45, 2.75) is 12.4 Å². The Balaban J connectivity index is 2.00. The third-order valence-electron chi connectivity index (χ3n) is 0.858. The molecule has 0 aliphatic carbocycles. The lowest BCUT2D eigenvalue weighted by atomic mass is 10.0. The van der Waals surface area contributed by atoms with E-state index < -0.39 is 0 Å². The van der Waals surface area contributed by atoms with Crippen LogP contribution in [0.15, 0.2) is 0 Å². The van der Waals surface area contributed by atoms with Gasteiger partial charge < -0.3 is 4.74 Å². The summed E-state index contributed by atoms with van der Waals surface area (Å²) in [5.74, 6) is 0. The molecule has 28 valence electrons. The lowest BCUT2D eigenvalue weighted by Crippen LogP contribution is -1.76. The van der Waals surface area contributed by atoms with E-state index in [0.29, 0.717) is 6.10 Å². The van der Waals surface area contributed by atoms with Gasteiger partial charge in [-0.05, 0) is 0 Å². The molecule has 1 aliphatic heterocycles. The van der Waals surface area contributed by atoms with Crippen LogP contribution >= 0.6 is 0 Å². The first-order valence-corrected chi connectivity index (χ1v) is 2.05. The van der Waals surface area contributed by atoms with E-state index in [1.54, 1.807) is 0 Å². The van der Waals surface area contributed by atoms with Crippen LogP contribution < -0.4 is 0 Å². The summed E-state index contributed by atoms with van der Waals surface area (Å²) in [6.45, 7) is 1.01. The predicted molar refractivity (Wildman–Crippen MR) is 23.1 cm³/mol. The van der Waals surface area contributed by atoms with Gasteiger partial charge in [0, 0.05) is 0 Å². The van der Waals surface area contributed by atoms with Gasteiger partial charge in [0.05, 0.1) is 12.7 Å². The second-order valence-corrected chi connectivity index (χ2v) is 1.36. The summed E-state index contributed by atoms with van der Waals surface area (Å²) in [6.07, 6.45) is 1.83. The monoisotopic (exact) mass is 70.1 g/mol. The van der Waals surface area contributed by atoms with Crippen molar-refractivity contribution < 1.29 is 4.74 Å². The molecule has 1 saturated heterocycles. The van der Waals surface area contributed by atoms with Crippen molar-refractivity contribution in [2.75, 3.05) is 6.61 Å². The molecule has 0 N–H and O–H groups in total.